The maximum absolute atomic E-state index is 14.4. The van der Waals surface area contributed by atoms with Gasteiger partial charge in [0.15, 0.2) is 12.1 Å². The lowest BCUT2D eigenvalue weighted by Gasteiger charge is -2.72. The monoisotopic (exact) mass is 836 g/mol. The molecule has 0 bridgehead atoms. The van der Waals surface area contributed by atoms with Gasteiger partial charge in [-0.15, -0.1) is 0 Å². The summed E-state index contributed by atoms with van der Waals surface area (Å²) < 4.78 is 6.24. The van der Waals surface area contributed by atoms with Crippen molar-refractivity contribution < 1.29 is 29.3 Å². The molecule has 0 spiro atoms. The lowest BCUT2D eigenvalue weighted by atomic mass is 9.33. The largest absolute Gasteiger partial charge is 0.462 e. The van der Waals surface area contributed by atoms with Crippen molar-refractivity contribution in [2.75, 3.05) is 32.5 Å². The van der Waals surface area contributed by atoms with E-state index in [9.17, 15) is 24.6 Å². The third-order valence-corrected chi connectivity index (χ3v) is 17.2. The van der Waals surface area contributed by atoms with Gasteiger partial charge in [-0.1, -0.05) is 79.5 Å². The van der Waals surface area contributed by atoms with Gasteiger partial charge in [0.2, 0.25) is 5.91 Å². The third-order valence-electron chi connectivity index (χ3n) is 16.9. The lowest BCUT2D eigenvalue weighted by Crippen LogP contribution is -2.65. The van der Waals surface area contributed by atoms with E-state index in [1.54, 1.807) is 44.2 Å². The van der Waals surface area contributed by atoms with Crippen LogP contribution >= 0.6 is 11.6 Å². The molecule has 0 aliphatic heterocycles. The Morgan fingerprint density at radius 2 is 1.63 bits per heavy atom. The summed E-state index contributed by atoms with van der Waals surface area (Å²) in [6.45, 7) is 21.5. The molecule has 4 fully saturated rings. The summed E-state index contributed by atoms with van der Waals surface area (Å²) in [5, 5.41) is 27.0. The fraction of sp³-hybridized carbons (Fsp3) is 0.735. The fourth-order valence-electron chi connectivity index (χ4n) is 13.6. The zero-order chi connectivity index (χ0) is 43.5. The van der Waals surface area contributed by atoms with Crippen molar-refractivity contribution in [3.05, 3.63) is 52.2 Å². The number of carbonyl (C=O) groups is 3. The van der Waals surface area contributed by atoms with Crippen molar-refractivity contribution in [3.63, 3.8) is 0 Å². The van der Waals surface area contributed by atoms with Crippen LogP contribution in [0.1, 0.15) is 133 Å². The Kier molecular flexibility index (Phi) is 12.8. The second-order valence-corrected chi connectivity index (χ2v) is 22.4. The van der Waals surface area contributed by atoms with Crippen LogP contribution in [0.25, 0.3) is 0 Å². The van der Waals surface area contributed by atoms with E-state index in [0.29, 0.717) is 41.9 Å². The van der Waals surface area contributed by atoms with Crippen LogP contribution in [-0.2, 0) is 19.1 Å². The van der Waals surface area contributed by atoms with Crippen LogP contribution < -0.4 is 10.6 Å². The van der Waals surface area contributed by atoms with Crippen molar-refractivity contribution in [2.24, 2.45) is 56.2 Å². The van der Waals surface area contributed by atoms with Crippen molar-refractivity contribution >= 4 is 34.9 Å². The van der Waals surface area contributed by atoms with E-state index >= 15 is 0 Å². The number of Topliss-reactive ketones (excluding diaryl/α,β-unsaturated/α-hetero) is 1. The van der Waals surface area contributed by atoms with Crippen LogP contribution in [0.15, 0.2) is 47.2 Å². The molecule has 0 aromatic heterocycles. The van der Waals surface area contributed by atoms with Crippen LogP contribution in [0.2, 0.25) is 5.02 Å². The predicted molar refractivity (Wildman–Crippen MR) is 235 cm³/mol. The Bertz CT molecular complexity index is 1830. The summed E-state index contributed by atoms with van der Waals surface area (Å²) in [6, 6.07) is 7.15. The van der Waals surface area contributed by atoms with Gasteiger partial charge in [0.25, 0.3) is 0 Å². The van der Waals surface area contributed by atoms with Gasteiger partial charge in [0, 0.05) is 58.2 Å². The second-order valence-electron chi connectivity index (χ2n) is 21.9. The third kappa shape index (κ3) is 8.33. The van der Waals surface area contributed by atoms with Gasteiger partial charge in [0.1, 0.15) is 6.10 Å². The van der Waals surface area contributed by atoms with Crippen LogP contribution in [0, 0.1) is 56.2 Å². The maximum Gasteiger partial charge on any atom is 0.306 e. The van der Waals surface area contributed by atoms with E-state index in [2.05, 4.69) is 64.0 Å². The van der Waals surface area contributed by atoms with Crippen molar-refractivity contribution in [1.82, 2.24) is 10.2 Å². The number of hydrogen-bond donors (Lipinski definition) is 4. The number of aliphatic hydroxyl groups excluding tert-OH is 1. The molecule has 4 saturated carbocycles. The molecule has 1 aromatic carbocycles. The number of aliphatic hydroxyl groups is 2. The van der Waals surface area contributed by atoms with E-state index in [1.165, 1.54) is 5.57 Å². The molecule has 10 heteroatoms. The summed E-state index contributed by atoms with van der Waals surface area (Å²) in [6.07, 6.45) is 8.98. The molecule has 0 heterocycles. The molecule has 6 rings (SSSR count). The first-order valence-corrected chi connectivity index (χ1v) is 22.8. The van der Waals surface area contributed by atoms with Crippen molar-refractivity contribution in [1.29, 1.82) is 0 Å². The van der Waals surface area contributed by atoms with Crippen molar-refractivity contribution in [3.8, 4) is 0 Å². The summed E-state index contributed by atoms with van der Waals surface area (Å²) in [7, 11) is 4.09. The summed E-state index contributed by atoms with van der Waals surface area (Å²) in [5.41, 5.74) is 2.54. The molecule has 1 aromatic rings. The van der Waals surface area contributed by atoms with Crippen LogP contribution in [-0.4, -0.2) is 72.4 Å². The number of rotatable bonds is 13. The minimum atomic E-state index is -1.60. The van der Waals surface area contributed by atoms with Gasteiger partial charge in [0.05, 0.1) is 6.42 Å². The Balaban J connectivity index is 1.30. The highest BCUT2D eigenvalue weighted by Gasteiger charge is 2.70. The number of carbonyl (C=O) groups excluding carboxylic acids is 3. The summed E-state index contributed by atoms with van der Waals surface area (Å²) in [5.74, 6) is 0.980. The number of likely N-dealkylation sites (N-methyl/N-ethyl adjacent to an activating group) is 1. The smallest absolute Gasteiger partial charge is 0.306 e. The molecular formula is C49H74ClN3O6. The van der Waals surface area contributed by atoms with Crippen LogP contribution in [0.5, 0.6) is 0 Å². The number of esters is 1. The van der Waals surface area contributed by atoms with Gasteiger partial charge < -0.3 is 30.5 Å². The van der Waals surface area contributed by atoms with Gasteiger partial charge >= 0.3 is 5.97 Å². The average molecular weight is 837 g/mol. The van der Waals surface area contributed by atoms with Gasteiger partial charge in [-0.3, -0.25) is 14.4 Å². The highest BCUT2D eigenvalue weighted by atomic mass is 35.5. The first-order chi connectivity index (χ1) is 27.4. The standard InChI is InChI=1S/C49H74ClN3O6/c1-30(2)41-35(54)28-49(27-33(51-24-25-53(10)11)26-39(55)52-32-14-12-31(50)13-15-32)23-22-47(8)34(42(41)49)16-17-37-46(7)20-19-38(59-40(56)29-44(3,4)43(57)58)45(5,6)36(46)18-21-48(37,47)9/h12-15,26,30,34,36-38,43,51,57-58H,16-25,27-29H2,1-11H3,(H,52,55)/b33-26-/t34-,36+,37-,38+,46+,47-,48-,49-/m1/s1. The highest BCUT2D eigenvalue weighted by molar-refractivity contribution is 6.30. The number of ether oxygens (including phenoxy) is 1. The van der Waals surface area contributed by atoms with E-state index in [0.717, 1.165) is 69.2 Å². The Hall–Kier alpha value is -2.72. The fourth-order valence-corrected chi connectivity index (χ4v) is 13.8. The Labute approximate surface area is 359 Å². The van der Waals surface area contributed by atoms with Crippen molar-refractivity contribution in [2.45, 2.75) is 145 Å². The van der Waals surface area contributed by atoms with E-state index in [4.69, 9.17) is 16.3 Å². The average Bonchev–Trinajstić information content (AvgIpc) is 3.42. The number of nitrogens with zero attached hydrogens (tertiary/aromatic N) is 1. The van der Waals surface area contributed by atoms with Gasteiger partial charge in [-0.05, 0) is 142 Å². The number of halogens is 1. The first-order valence-electron chi connectivity index (χ1n) is 22.4. The van der Waals surface area contributed by atoms with E-state index in [-0.39, 0.29) is 69.1 Å². The van der Waals surface area contributed by atoms with Gasteiger partial charge in [-0.25, -0.2) is 0 Å². The molecular weight excluding hydrogens is 762 g/mol. The number of fused-ring (bicyclic) bond motifs is 7. The summed E-state index contributed by atoms with van der Waals surface area (Å²) >= 11 is 6.12. The van der Waals surface area contributed by atoms with Crippen LogP contribution in [0.4, 0.5) is 5.69 Å². The topological polar surface area (TPSA) is 128 Å². The Morgan fingerprint density at radius 3 is 2.25 bits per heavy atom. The number of anilines is 1. The molecule has 0 radical (unpaired) electrons. The quantitative estimate of drug-likeness (QED) is 0.0880. The molecule has 5 aliphatic carbocycles. The number of nitrogens with one attached hydrogen (secondary N) is 2. The molecule has 0 unspecified atom stereocenters. The predicted octanol–water partition coefficient (Wildman–Crippen LogP) is 9.32. The number of allylic oxidation sites excluding steroid dienone is 3. The van der Waals surface area contributed by atoms with E-state index < -0.39 is 11.7 Å². The zero-order valence-corrected chi connectivity index (χ0v) is 38.7. The minimum Gasteiger partial charge on any atom is -0.462 e. The molecule has 9 nitrogen and oxygen atoms in total. The lowest BCUT2D eigenvalue weighted by molar-refractivity contribution is -0.234. The second kappa shape index (κ2) is 16.5. The highest BCUT2D eigenvalue weighted by Crippen LogP contribution is 2.77. The number of amides is 1. The van der Waals surface area contributed by atoms with E-state index in [1.807, 2.05) is 14.1 Å². The summed E-state index contributed by atoms with van der Waals surface area (Å²) in [4.78, 5) is 43.3. The molecule has 8 atom stereocenters. The molecule has 4 N–H and O–H groups in total. The molecule has 1 amide bonds. The molecule has 328 valence electrons. The minimum absolute atomic E-state index is 0.00809. The first kappa shape index (κ1) is 45.8. The molecule has 59 heavy (non-hydrogen) atoms. The van der Waals surface area contributed by atoms with Gasteiger partial charge in [-0.2, -0.15) is 0 Å². The number of hydrogen-bond acceptors (Lipinski definition) is 8. The molecule has 5 aliphatic rings. The van der Waals surface area contributed by atoms with Crippen LogP contribution in [0.3, 0.4) is 0 Å². The SMILES string of the molecule is CC(C)C1=C2[C@H]3CC[C@@H]4[C@@]5(C)CC[C@H](OC(=O)CC(C)(C)C(O)O)C(C)(C)[C@@H]5CC[C@@]4(C)[C@]3(C)CC[C@@]2(C/C(=C/C(=O)Nc2ccc(Cl)cc2)NCCN(C)C)CC1=O. The number of ketones is 1. The number of benzene rings is 1. The molecule has 0 saturated heterocycles. The normalized spacial score (nSPS) is 34.3. The Morgan fingerprint density at radius 1 is 0.949 bits per heavy atom. The maximum atomic E-state index is 14.4. The zero-order valence-electron chi connectivity index (χ0n) is 37.9.